The fraction of sp³-hybridized carbons (Fsp3) is 0.400. The van der Waals surface area contributed by atoms with E-state index in [4.69, 9.17) is 9.47 Å². The molecule has 2 aromatic carbocycles. The SMILES string of the molecule is COc1ccc(S(=O)(=O)Nc2ccc3c(c2)OCCN3CCNC2CC2)cc1. The second kappa shape index (κ2) is 7.89. The number of sulfonamides is 1. The molecule has 0 unspecified atom stereocenters. The van der Waals surface area contributed by atoms with Gasteiger partial charge in [0.1, 0.15) is 18.1 Å². The summed E-state index contributed by atoms with van der Waals surface area (Å²) in [7, 11) is -2.14. The molecular weight excluding hydrogens is 378 g/mol. The van der Waals surface area contributed by atoms with Crippen molar-refractivity contribution in [1.82, 2.24) is 5.32 Å². The van der Waals surface area contributed by atoms with E-state index in [1.165, 1.54) is 25.0 Å². The Balaban J connectivity index is 1.46. The van der Waals surface area contributed by atoms with Crippen molar-refractivity contribution in [1.29, 1.82) is 0 Å². The number of ether oxygens (including phenoxy) is 2. The third-order valence-corrected chi connectivity index (χ3v) is 6.33. The van der Waals surface area contributed by atoms with Gasteiger partial charge in [0.25, 0.3) is 10.0 Å². The zero-order valence-corrected chi connectivity index (χ0v) is 16.7. The molecule has 8 heteroatoms. The second-order valence-corrected chi connectivity index (χ2v) is 8.71. The molecule has 1 saturated carbocycles. The predicted octanol–water partition coefficient (Wildman–Crippen LogP) is 2.45. The van der Waals surface area contributed by atoms with E-state index in [1.807, 2.05) is 6.07 Å². The van der Waals surface area contributed by atoms with Crippen LogP contribution in [0.2, 0.25) is 0 Å². The molecule has 2 N–H and O–H groups in total. The van der Waals surface area contributed by atoms with Crippen molar-refractivity contribution in [3.63, 3.8) is 0 Å². The number of anilines is 2. The van der Waals surface area contributed by atoms with Gasteiger partial charge >= 0.3 is 0 Å². The van der Waals surface area contributed by atoms with Crippen molar-refractivity contribution < 1.29 is 17.9 Å². The van der Waals surface area contributed by atoms with Crippen molar-refractivity contribution in [3.8, 4) is 11.5 Å². The summed E-state index contributed by atoms with van der Waals surface area (Å²) >= 11 is 0. The third kappa shape index (κ3) is 4.34. The Morgan fingerprint density at radius 2 is 1.96 bits per heavy atom. The third-order valence-electron chi connectivity index (χ3n) is 4.93. The summed E-state index contributed by atoms with van der Waals surface area (Å²) in [5.74, 6) is 1.31. The molecule has 1 aliphatic carbocycles. The fourth-order valence-electron chi connectivity index (χ4n) is 3.23. The minimum Gasteiger partial charge on any atom is -0.497 e. The van der Waals surface area contributed by atoms with E-state index in [0.29, 0.717) is 29.8 Å². The van der Waals surface area contributed by atoms with Gasteiger partial charge in [-0.3, -0.25) is 4.72 Å². The predicted molar refractivity (Wildman–Crippen MR) is 109 cm³/mol. The molecule has 1 heterocycles. The molecule has 28 heavy (non-hydrogen) atoms. The van der Waals surface area contributed by atoms with Gasteiger partial charge in [0.05, 0.1) is 29.9 Å². The molecule has 150 valence electrons. The monoisotopic (exact) mass is 403 g/mol. The van der Waals surface area contributed by atoms with Crippen molar-refractivity contribution in [2.24, 2.45) is 0 Å². The highest BCUT2D eigenvalue weighted by Gasteiger charge is 2.23. The maximum absolute atomic E-state index is 12.6. The molecule has 4 rings (SSSR count). The van der Waals surface area contributed by atoms with Gasteiger partial charge in [0.2, 0.25) is 0 Å². The normalized spacial score (nSPS) is 16.2. The molecule has 2 aromatic rings. The number of fused-ring (bicyclic) bond motifs is 1. The molecule has 0 saturated heterocycles. The first kappa shape index (κ1) is 18.9. The van der Waals surface area contributed by atoms with Crippen LogP contribution in [0.5, 0.6) is 11.5 Å². The van der Waals surface area contributed by atoms with Crippen LogP contribution in [0.3, 0.4) is 0 Å². The van der Waals surface area contributed by atoms with E-state index in [9.17, 15) is 8.42 Å². The minimum atomic E-state index is -3.68. The zero-order valence-electron chi connectivity index (χ0n) is 15.8. The topological polar surface area (TPSA) is 79.9 Å². The molecule has 1 aliphatic heterocycles. The van der Waals surface area contributed by atoms with Crippen molar-refractivity contribution >= 4 is 21.4 Å². The zero-order chi connectivity index (χ0) is 19.6. The lowest BCUT2D eigenvalue weighted by molar-refractivity contribution is 0.307. The summed E-state index contributed by atoms with van der Waals surface area (Å²) < 4.78 is 38.7. The fourth-order valence-corrected chi connectivity index (χ4v) is 4.28. The van der Waals surface area contributed by atoms with E-state index in [2.05, 4.69) is 14.9 Å². The maximum Gasteiger partial charge on any atom is 0.261 e. The average Bonchev–Trinajstić information content (AvgIpc) is 3.52. The van der Waals surface area contributed by atoms with Crippen LogP contribution in [-0.2, 0) is 10.0 Å². The molecule has 0 atom stereocenters. The largest absolute Gasteiger partial charge is 0.497 e. The lowest BCUT2D eigenvalue weighted by atomic mass is 10.2. The summed E-state index contributed by atoms with van der Waals surface area (Å²) in [6, 6.07) is 12.4. The average molecular weight is 404 g/mol. The van der Waals surface area contributed by atoms with Crippen LogP contribution < -0.4 is 24.4 Å². The van der Waals surface area contributed by atoms with Crippen LogP contribution in [0.1, 0.15) is 12.8 Å². The van der Waals surface area contributed by atoms with E-state index in [-0.39, 0.29) is 4.90 Å². The molecule has 1 fully saturated rings. The molecule has 0 aromatic heterocycles. The summed E-state index contributed by atoms with van der Waals surface area (Å²) in [5.41, 5.74) is 1.48. The molecule has 0 bridgehead atoms. The molecule has 2 aliphatic rings. The number of methoxy groups -OCH3 is 1. The van der Waals surface area contributed by atoms with E-state index >= 15 is 0 Å². The van der Waals surface area contributed by atoms with Crippen LogP contribution in [-0.4, -0.2) is 47.8 Å². The molecule has 7 nitrogen and oxygen atoms in total. The van der Waals surface area contributed by atoms with Crippen LogP contribution in [0.25, 0.3) is 0 Å². The molecular formula is C20H25N3O4S. The quantitative estimate of drug-likeness (QED) is 0.705. The summed E-state index contributed by atoms with van der Waals surface area (Å²) in [4.78, 5) is 2.45. The second-order valence-electron chi connectivity index (χ2n) is 7.03. The van der Waals surface area contributed by atoms with Gasteiger partial charge in [-0.15, -0.1) is 0 Å². The highest BCUT2D eigenvalue weighted by Crippen LogP contribution is 2.34. The van der Waals surface area contributed by atoms with Crippen molar-refractivity contribution in [3.05, 3.63) is 42.5 Å². The van der Waals surface area contributed by atoms with Gasteiger partial charge in [-0.05, 0) is 49.2 Å². The lowest BCUT2D eigenvalue weighted by Gasteiger charge is -2.31. The molecule has 0 amide bonds. The van der Waals surface area contributed by atoms with Gasteiger partial charge in [0, 0.05) is 25.2 Å². The number of hydrogen-bond donors (Lipinski definition) is 2. The first-order valence-electron chi connectivity index (χ1n) is 9.47. The van der Waals surface area contributed by atoms with Gasteiger partial charge in [-0.2, -0.15) is 0 Å². The Hall–Kier alpha value is -2.45. The van der Waals surface area contributed by atoms with Gasteiger partial charge in [-0.25, -0.2) is 8.42 Å². The highest BCUT2D eigenvalue weighted by atomic mass is 32.2. The Kier molecular flexibility index (Phi) is 5.32. The smallest absolute Gasteiger partial charge is 0.261 e. The Bertz CT molecular complexity index is 927. The number of hydrogen-bond acceptors (Lipinski definition) is 6. The van der Waals surface area contributed by atoms with E-state index in [0.717, 1.165) is 25.3 Å². The number of nitrogens with zero attached hydrogens (tertiary/aromatic N) is 1. The summed E-state index contributed by atoms with van der Waals surface area (Å²) in [5, 5.41) is 3.52. The number of nitrogens with one attached hydrogen (secondary N) is 2. The molecule has 0 spiro atoms. The Labute approximate surface area is 165 Å². The van der Waals surface area contributed by atoms with Crippen LogP contribution in [0.4, 0.5) is 11.4 Å². The number of rotatable bonds is 8. The van der Waals surface area contributed by atoms with Gasteiger partial charge in [-0.1, -0.05) is 0 Å². The van der Waals surface area contributed by atoms with E-state index < -0.39 is 10.0 Å². The Morgan fingerprint density at radius 1 is 1.18 bits per heavy atom. The molecule has 0 radical (unpaired) electrons. The van der Waals surface area contributed by atoms with Crippen LogP contribution >= 0.6 is 0 Å². The minimum absolute atomic E-state index is 0.180. The van der Waals surface area contributed by atoms with E-state index in [1.54, 1.807) is 31.4 Å². The first-order chi connectivity index (χ1) is 13.5. The van der Waals surface area contributed by atoms with Gasteiger partial charge < -0.3 is 19.7 Å². The Morgan fingerprint density at radius 3 is 2.68 bits per heavy atom. The first-order valence-corrected chi connectivity index (χ1v) is 11.0. The van der Waals surface area contributed by atoms with Gasteiger partial charge in [0.15, 0.2) is 0 Å². The maximum atomic E-state index is 12.6. The van der Waals surface area contributed by atoms with Crippen molar-refractivity contribution in [2.75, 3.05) is 43.0 Å². The number of benzene rings is 2. The standard InChI is InChI=1S/C20H25N3O4S/c1-26-17-5-7-18(8-6-17)28(24,25)22-16-4-9-19-20(14-16)27-13-12-23(19)11-10-21-15-2-3-15/h4-9,14-15,21-22H,2-3,10-13H2,1H3. The highest BCUT2D eigenvalue weighted by molar-refractivity contribution is 7.92. The van der Waals surface area contributed by atoms with Crippen LogP contribution in [0.15, 0.2) is 47.4 Å². The van der Waals surface area contributed by atoms with Crippen LogP contribution in [0, 0.1) is 0 Å². The summed E-state index contributed by atoms with van der Waals surface area (Å²) in [6.07, 6.45) is 2.55. The summed E-state index contributed by atoms with van der Waals surface area (Å²) in [6.45, 7) is 3.26. The lowest BCUT2D eigenvalue weighted by Crippen LogP contribution is -2.38. The van der Waals surface area contributed by atoms with Crippen molar-refractivity contribution in [2.45, 2.75) is 23.8 Å².